The van der Waals surface area contributed by atoms with Crippen molar-refractivity contribution >= 4 is 18.6 Å². The van der Waals surface area contributed by atoms with Gasteiger partial charge in [-0.1, -0.05) is 7.43 Å². The lowest BCUT2D eigenvalue weighted by molar-refractivity contribution is 0.0600. The third-order valence-corrected chi connectivity index (χ3v) is 1.48. The van der Waals surface area contributed by atoms with Crippen molar-refractivity contribution in [1.82, 2.24) is 4.98 Å². The lowest BCUT2D eigenvalue weighted by atomic mass is 9.81. The van der Waals surface area contributed by atoms with E-state index in [1.807, 2.05) is 0 Å². The third-order valence-electron chi connectivity index (χ3n) is 1.48. The van der Waals surface area contributed by atoms with E-state index in [9.17, 15) is 4.79 Å². The SMILES string of the molecule is C.COC(=O)c1cncc(B(O)O)c1. The number of carbonyl (C=O) groups is 1. The summed E-state index contributed by atoms with van der Waals surface area (Å²) < 4.78 is 4.43. The van der Waals surface area contributed by atoms with Gasteiger partial charge in [-0.25, -0.2) is 4.79 Å². The number of esters is 1. The number of carbonyl (C=O) groups excluding carboxylic acids is 1. The Labute approximate surface area is 82.5 Å². The van der Waals surface area contributed by atoms with Crippen LogP contribution in [-0.4, -0.2) is 35.2 Å². The first kappa shape index (κ1) is 12.6. The summed E-state index contributed by atoms with van der Waals surface area (Å²) in [5.41, 5.74) is 0.344. The Morgan fingerprint density at radius 1 is 1.50 bits per heavy atom. The largest absolute Gasteiger partial charge is 0.490 e. The standard InChI is InChI=1S/C7H8BNO4.CH4/c1-13-7(10)5-2-6(8(11)12)4-9-3-5;/h2-4,11-12H,1H3;1H4. The molecule has 0 amide bonds. The molecule has 76 valence electrons. The number of pyridine rings is 1. The molecule has 0 saturated carbocycles. The van der Waals surface area contributed by atoms with Crippen LogP contribution in [0.3, 0.4) is 0 Å². The first-order chi connectivity index (χ1) is 6.15. The number of hydrogen-bond donors (Lipinski definition) is 2. The Balaban J connectivity index is 0.00000169. The van der Waals surface area contributed by atoms with E-state index in [2.05, 4.69) is 9.72 Å². The highest BCUT2D eigenvalue weighted by Crippen LogP contribution is 1.96. The zero-order valence-electron chi connectivity index (χ0n) is 6.97. The molecule has 6 heteroatoms. The van der Waals surface area contributed by atoms with Crippen LogP contribution in [0.2, 0.25) is 0 Å². The predicted octanol–water partition coefficient (Wildman–Crippen LogP) is -0.816. The van der Waals surface area contributed by atoms with Gasteiger partial charge in [0.2, 0.25) is 0 Å². The van der Waals surface area contributed by atoms with Gasteiger partial charge in [-0.05, 0) is 6.07 Å². The summed E-state index contributed by atoms with van der Waals surface area (Å²) in [5, 5.41) is 17.5. The molecule has 0 aromatic carbocycles. The van der Waals surface area contributed by atoms with E-state index in [0.717, 1.165) is 0 Å². The lowest BCUT2D eigenvalue weighted by Crippen LogP contribution is -2.30. The first-order valence-electron chi connectivity index (χ1n) is 3.54. The van der Waals surface area contributed by atoms with Crippen LogP contribution in [-0.2, 0) is 4.74 Å². The van der Waals surface area contributed by atoms with E-state index in [4.69, 9.17) is 10.0 Å². The normalized spacial score (nSPS) is 8.79. The molecule has 0 bridgehead atoms. The second-order valence-corrected chi connectivity index (χ2v) is 2.37. The first-order valence-corrected chi connectivity index (χ1v) is 3.54. The fourth-order valence-corrected chi connectivity index (χ4v) is 0.828. The Morgan fingerprint density at radius 3 is 2.64 bits per heavy atom. The fraction of sp³-hybridized carbons (Fsp3) is 0.250. The van der Waals surface area contributed by atoms with Gasteiger partial charge in [-0.2, -0.15) is 0 Å². The number of ether oxygens (including phenoxy) is 1. The molecule has 0 atom stereocenters. The maximum Gasteiger partial charge on any atom is 0.490 e. The molecule has 14 heavy (non-hydrogen) atoms. The minimum absolute atomic E-state index is 0. The van der Waals surface area contributed by atoms with Crippen LogP contribution in [0, 0.1) is 0 Å². The summed E-state index contributed by atoms with van der Waals surface area (Å²) in [6, 6.07) is 1.31. The van der Waals surface area contributed by atoms with Crippen LogP contribution in [0.15, 0.2) is 18.5 Å². The molecule has 0 unspecified atom stereocenters. The van der Waals surface area contributed by atoms with Crippen molar-refractivity contribution in [1.29, 1.82) is 0 Å². The number of nitrogens with zero attached hydrogens (tertiary/aromatic N) is 1. The molecule has 5 nitrogen and oxygen atoms in total. The van der Waals surface area contributed by atoms with Crippen molar-refractivity contribution < 1.29 is 19.6 Å². The highest BCUT2D eigenvalue weighted by Gasteiger charge is 2.14. The molecule has 1 aromatic rings. The average molecular weight is 197 g/mol. The minimum atomic E-state index is -1.63. The molecule has 1 heterocycles. The Morgan fingerprint density at radius 2 is 2.14 bits per heavy atom. The second kappa shape index (κ2) is 5.36. The van der Waals surface area contributed by atoms with Crippen molar-refractivity contribution in [2.24, 2.45) is 0 Å². The number of hydrogen-bond acceptors (Lipinski definition) is 5. The second-order valence-electron chi connectivity index (χ2n) is 2.37. The van der Waals surface area contributed by atoms with E-state index in [1.165, 1.54) is 25.6 Å². The minimum Gasteiger partial charge on any atom is -0.465 e. The number of methoxy groups -OCH3 is 1. The molecule has 0 spiro atoms. The predicted molar refractivity (Wildman–Crippen MR) is 52.1 cm³/mol. The molecule has 0 aliphatic heterocycles. The van der Waals surface area contributed by atoms with Gasteiger partial charge < -0.3 is 14.8 Å². The highest BCUT2D eigenvalue weighted by atomic mass is 16.5. The van der Waals surface area contributed by atoms with Crippen molar-refractivity contribution in [2.75, 3.05) is 7.11 Å². The van der Waals surface area contributed by atoms with Crippen molar-refractivity contribution in [3.63, 3.8) is 0 Å². The average Bonchev–Trinajstić information content (AvgIpc) is 2.17. The van der Waals surface area contributed by atoms with E-state index >= 15 is 0 Å². The maximum atomic E-state index is 11.0. The van der Waals surface area contributed by atoms with E-state index < -0.39 is 13.1 Å². The zero-order chi connectivity index (χ0) is 9.84. The molecule has 0 aliphatic carbocycles. The summed E-state index contributed by atoms with van der Waals surface area (Å²) in [4.78, 5) is 14.6. The summed E-state index contributed by atoms with van der Waals surface area (Å²) in [5.74, 6) is -0.560. The molecular weight excluding hydrogens is 185 g/mol. The molecule has 1 rings (SSSR count). The van der Waals surface area contributed by atoms with Gasteiger partial charge >= 0.3 is 13.1 Å². The maximum absolute atomic E-state index is 11.0. The Hall–Kier alpha value is -1.40. The van der Waals surface area contributed by atoms with Crippen molar-refractivity contribution in [3.8, 4) is 0 Å². The summed E-state index contributed by atoms with van der Waals surface area (Å²) >= 11 is 0. The highest BCUT2D eigenvalue weighted by molar-refractivity contribution is 6.58. The molecule has 2 N–H and O–H groups in total. The van der Waals surface area contributed by atoms with Gasteiger partial charge in [-0.15, -0.1) is 0 Å². The quantitative estimate of drug-likeness (QED) is 0.478. The van der Waals surface area contributed by atoms with Crippen molar-refractivity contribution in [3.05, 3.63) is 24.0 Å². The van der Waals surface area contributed by atoms with Gasteiger partial charge in [0.1, 0.15) is 0 Å². The Kier molecular flexibility index (Phi) is 4.83. The van der Waals surface area contributed by atoms with E-state index in [-0.39, 0.29) is 18.5 Å². The van der Waals surface area contributed by atoms with Gasteiger partial charge in [0.05, 0.1) is 12.7 Å². The molecule has 0 radical (unpaired) electrons. The number of aromatic nitrogens is 1. The molecule has 0 saturated heterocycles. The zero-order valence-corrected chi connectivity index (χ0v) is 6.97. The molecular formula is C8H12BNO4. The summed E-state index contributed by atoms with van der Waals surface area (Å²) in [6.45, 7) is 0. The third kappa shape index (κ3) is 2.83. The van der Waals surface area contributed by atoms with Crippen LogP contribution < -0.4 is 5.46 Å². The van der Waals surface area contributed by atoms with Gasteiger partial charge in [0.25, 0.3) is 0 Å². The molecule has 0 fully saturated rings. The van der Waals surface area contributed by atoms with Crippen LogP contribution >= 0.6 is 0 Å². The topological polar surface area (TPSA) is 79.7 Å². The van der Waals surface area contributed by atoms with Gasteiger partial charge in [-0.3, -0.25) is 4.98 Å². The van der Waals surface area contributed by atoms with Crippen LogP contribution in [0.5, 0.6) is 0 Å². The Bertz CT molecular complexity index is 316. The smallest absolute Gasteiger partial charge is 0.465 e. The van der Waals surface area contributed by atoms with Crippen molar-refractivity contribution in [2.45, 2.75) is 7.43 Å². The van der Waals surface area contributed by atoms with E-state index in [1.54, 1.807) is 0 Å². The van der Waals surface area contributed by atoms with Crippen LogP contribution in [0.4, 0.5) is 0 Å². The molecule has 1 aromatic heterocycles. The monoisotopic (exact) mass is 197 g/mol. The van der Waals surface area contributed by atoms with Crippen LogP contribution in [0.1, 0.15) is 17.8 Å². The number of rotatable bonds is 2. The summed E-state index contributed by atoms with van der Waals surface area (Å²) in [7, 11) is -0.387. The molecule has 0 aliphatic rings. The summed E-state index contributed by atoms with van der Waals surface area (Å²) in [6.07, 6.45) is 2.55. The lowest BCUT2D eigenvalue weighted by Gasteiger charge is -2.01. The van der Waals surface area contributed by atoms with Gasteiger partial charge in [0.15, 0.2) is 0 Å². The van der Waals surface area contributed by atoms with Gasteiger partial charge in [0, 0.05) is 17.9 Å². The van der Waals surface area contributed by atoms with E-state index in [0.29, 0.717) is 0 Å². The van der Waals surface area contributed by atoms with Crippen LogP contribution in [0.25, 0.3) is 0 Å². The fourth-order valence-electron chi connectivity index (χ4n) is 0.828.